The summed E-state index contributed by atoms with van der Waals surface area (Å²) in [5, 5.41) is 4.02. The van der Waals surface area contributed by atoms with Crippen molar-refractivity contribution in [3.05, 3.63) is 64.4 Å². The van der Waals surface area contributed by atoms with Crippen molar-refractivity contribution in [2.24, 2.45) is 0 Å². The molecule has 0 radical (unpaired) electrons. The number of thioether (sulfide) groups is 1. The fraction of sp³-hybridized carbons (Fsp3) is 0.294. The molecule has 4 heteroatoms. The summed E-state index contributed by atoms with van der Waals surface area (Å²) in [6, 6.07) is 13.4. The van der Waals surface area contributed by atoms with Gasteiger partial charge in [0.2, 0.25) is 0 Å². The van der Waals surface area contributed by atoms with Gasteiger partial charge >= 0.3 is 0 Å². The number of likely N-dealkylation sites (N-methyl/N-ethyl adjacent to an activating group) is 1. The molecule has 0 bridgehead atoms. The van der Waals surface area contributed by atoms with E-state index >= 15 is 0 Å². The van der Waals surface area contributed by atoms with Gasteiger partial charge < -0.3 is 5.32 Å². The molecule has 1 aliphatic rings. The normalized spacial score (nSPS) is 18.5. The fourth-order valence-corrected chi connectivity index (χ4v) is 4.43. The zero-order valence-electron chi connectivity index (χ0n) is 11.8. The molecule has 21 heavy (non-hydrogen) atoms. The number of halogens is 2. The Balaban J connectivity index is 1.85. The second-order valence-electron chi connectivity index (χ2n) is 5.29. The average Bonchev–Trinajstić information content (AvgIpc) is 2.92. The topological polar surface area (TPSA) is 12.0 Å². The summed E-state index contributed by atoms with van der Waals surface area (Å²) in [4.78, 5) is 1.35. The predicted octanol–water partition coefficient (Wildman–Crippen LogP) is 4.50. The van der Waals surface area contributed by atoms with Crippen LogP contribution in [-0.4, -0.2) is 18.8 Å². The fourth-order valence-electron chi connectivity index (χ4n) is 2.90. The second-order valence-corrected chi connectivity index (χ2v) is 6.76. The molecule has 0 saturated carbocycles. The molecule has 0 spiro atoms. The van der Waals surface area contributed by atoms with E-state index in [-0.39, 0.29) is 11.9 Å². The molecule has 0 aromatic heterocycles. The number of fused-ring (bicyclic) bond motifs is 1. The van der Waals surface area contributed by atoms with Crippen LogP contribution in [0.3, 0.4) is 0 Å². The van der Waals surface area contributed by atoms with Crippen LogP contribution >= 0.6 is 23.4 Å². The highest BCUT2D eigenvalue weighted by Crippen LogP contribution is 2.41. The number of benzene rings is 2. The molecule has 0 fully saturated rings. The SMILES string of the molecule is CNC(Cc1cc(F)ccc1Cl)C1CSc2ccccc21. The Morgan fingerprint density at radius 2 is 2.14 bits per heavy atom. The molecule has 110 valence electrons. The van der Waals surface area contributed by atoms with Crippen LogP contribution < -0.4 is 5.32 Å². The van der Waals surface area contributed by atoms with Crippen molar-refractivity contribution in [3.8, 4) is 0 Å². The van der Waals surface area contributed by atoms with Crippen molar-refractivity contribution >= 4 is 23.4 Å². The van der Waals surface area contributed by atoms with Crippen LogP contribution in [0, 0.1) is 5.82 Å². The monoisotopic (exact) mass is 321 g/mol. The molecule has 2 aromatic carbocycles. The zero-order valence-corrected chi connectivity index (χ0v) is 13.3. The molecule has 1 heterocycles. The summed E-state index contributed by atoms with van der Waals surface area (Å²) >= 11 is 8.10. The minimum absolute atomic E-state index is 0.231. The van der Waals surface area contributed by atoms with Crippen LogP contribution in [0.4, 0.5) is 4.39 Å². The van der Waals surface area contributed by atoms with Gasteiger partial charge in [-0.15, -0.1) is 11.8 Å². The van der Waals surface area contributed by atoms with Gasteiger partial charge in [-0.05, 0) is 48.9 Å². The summed E-state index contributed by atoms with van der Waals surface area (Å²) in [6.07, 6.45) is 0.729. The molecule has 1 aliphatic heterocycles. The standard InChI is InChI=1S/C17H17ClFNS/c1-20-16(9-11-8-12(19)6-7-15(11)18)14-10-21-17-5-3-2-4-13(14)17/h2-8,14,16,20H,9-10H2,1H3. The average molecular weight is 322 g/mol. The number of hydrogen-bond acceptors (Lipinski definition) is 2. The van der Waals surface area contributed by atoms with E-state index in [4.69, 9.17) is 11.6 Å². The largest absolute Gasteiger partial charge is 0.316 e. The van der Waals surface area contributed by atoms with E-state index in [9.17, 15) is 4.39 Å². The number of hydrogen-bond donors (Lipinski definition) is 1. The van der Waals surface area contributed by atoms with Gasteiger partial charge in [-0.25, -0.2) is 4.39 Å². The minimum atomic E-state index is -0.231. The highest BCUT2D eigenvalue weighted by atomic mass is 35.5. The lowest BCUT2D eigenvalue weighted by Crippen LogP contribution is -2.34. The number of nitrogens with one attached hydrogen (secondary N) is 1. The summed E-state index contributed by atoms with van der Waals surface area (Å²) in [5.41, 5.74) is 2.25. The third-order valence-electron chi connectivity index (χ3n) is 4.04. The lowest BCUT2D eigenvalue weighted by atomic mass is 9.89. The van der Waals surface area contributed by atoms with E-state index < -0.39 is 0 Å². The van der Waals surface area contributed by atoms with Crippen LogP contribution in [0.1, 0.15) is 17.0 Å². The first-order valence-corrected chi connectivity index (χ1v) is 8.38. The maximum absolute atomic E-state index is 13.4. The van der Waals surface area contributed by atoms with Crippen LogP contribution in [-0.2, 0) is 6.42 Å². The number of rotatable bonds is 4. The molecule has 2 aromatic rings. The van der Waals surface area contributed by atoms with Gasteiger partial charge in [0.1, 0.15) is 5.82 Å². The Kier molecular flexibility index (Phi) is 4.53. The predicted molar refractivity (Wildman–Crippen MR) is 87.9 cm³/mol. The highest BCUT2D eigenvalue weighted by Gasteiger charge is 2.29. The Morgan fingerprint density at radius 1 is 1.33 bits per heavy atom. The quantitative estimate of drug-likeness (QED) is 0.890. The molecular formula is C17H17ClFNS. The van der Waals surface area contributed by atoms with E-state index in [1.54, 1.807) is 12.1 Å². The second kappa shape index (κ2) is 6.39. The van der Waals surface area contributed by atoms with Crippen molar-refractivity contribution in [2.45, 2.75) is 23.3 Å². The molecule has 0 aliphatic carbocycles. The van der Waals surface area contributed by atoms with E-state index in [0.29, 0.717) is 10.9 Å². The highest BCUT2D eigenvalue weighted by molar-refractivity contribution is 7.99. The van der Waals surface area contributed by atoms with Gasteiger partial charge in [0.05, 0.1) is 0 Å². The van der Waals surface area contributed by atoms with Gasteiger partial charge in [0, 0.05) is 27.6 Å². The minimum Gasteiger partial charge on any atom is -0.316 e. The molecule has 1 N–H and O–H groups in total. The van der Waals surface area contributed by atoms with Crippen molar-refractivity contribution in [3.63, 3.8) is 0 Å². The summed E-state index contributed by atoms with van der Waals surface area (Å²) in [5.74, 6) is 1.25. The van der Waals surface area contributed by atoms with Crippen molar-refractivity contribution in [1.29, 1.82) is 0 Å². The maximum atomic E-state index is 13.4. The lowest BCUT2D eigenvalue weighted by molar-refractivity contribution is 0.487. The summed E-state index contributed by atoms with van der Waals surface area (Å²) in [6.45, 7) is 0. The third-order valence-corrected chi connectivity index (χ3v) is 5.62. The van der Waals surface area contributed by atoms with Crippen LogP contribution in [0.2, 0.25) is 5.02 Å². The van der Waals surface area contributed by atoms with Crippen molar-refractivity contribution in [2.75, 3.05) is 12.8 Å². The van der Waals surface area contributed by atoms with Crippen LogP contribution in [0.5, 0.6) is 0 Å². The Bertz CT molecular complexity index is 646. The smallest absolute Gasteiger partial charge is 0.123 e. The first-order chi connectivity index (χ1) is 10.2. The zero-order chi connectivity index (χ0) is 14.8. The summed E-state index contributed by atoms with van der Waals surface area (Å²) in [7, 11) is 1.96. The molecule has 2 unspecified atom stereocenters. The van der Waals surface area contributed by atoms with Gasteiger partial charge in [0.25, 0.3) is 0 Å². The first kappa shape index (κ1) is 14.9. The van der Waals surface area contributed by atoms with Gasteiger partial charge in [-0.1, -0.05) is 29.8 Å². The van der Waals surface area contributed by atoms with E-state index in [1.165, 1.54) is 16.5 Å². The molecule has 1 nitrogen and oxygen atoms in total. The summed E-state index contributed by atoms with van der Waals surface area (Å²) < 4.78 is 13.4. The van der Waals surface area contributed by atoms with Gasteiger partial charge in [-0.2, -0.15) is 0 Å². The third kappa shape index (κ3) is 3.10. The van der Waals surface area contributed by atoms with Gasteiger partial charge in [-0.3, -0.25) is 0 Å². The molecule has 0 amide bonds. The Morgan fingerprint density at radius 3 is 2.95 bits per heavy atom. The van der Waals surface area contributed by atoms with E-state index in [2.05, 4.69) is 29.6 Å². The van der Waals surface area contributed by atoms with Crippen LogP contribution in [0.15, 0.2) is 47.4 Å². The molecule has 2 atom stereocenters. The van der Waals surface area contributed by atoms with Crippen molar-refractivity contribution < 1.29 is 4.39 Å². The Hall–Kier alpha value is -1.03. The van der Waals surface area contributed by atoms with Crippen molar-refractivity contribution in [1.82, 2.24) is 5.32 Å². The first-order valence-electron chi connectivity index (χ1n) is 7.02. The molecular weight excluding hydrogens is 305 g/mol. The van der Waals surface area contributed by atoms with E-state index in [1.807, 2.05) is 18.8 Å². The maximum Gasteiger partial charge on any atom is 0.123 e. The molecule has 3 rings (SSSR count). The molecule has 0 saturated heterocycles. The Labute approximate surface area is 133 Å². The van der Waals surface area contributed by atoms with Crippen LogP contribution in [0.25, 0.3) is 0 Å². The lowest BCUT2D eigenvalue weighted by Gasteiger charge is -2.24. The van der Waals surface area contributed by atoms with Gasteiger partial charge in [0.15, 0.2) is 0 Å². The van der Waals surface area contributed by atoms with E-state index in [0.717, 1.165) is 17.7 Å².